The van der Waals surface area contributed by atoms with Crippen LogP contribution in [0.5, 0.6) is 5.75 Å². The first kappa shape index (κ1) is 15.7. The van der Waals surface area contributed by atoms with E-state index in [9.17, 15) is 4.39 Å². The fourth-order valence-electron chi connectivity index (χ4n) is 2.55. The lowest BCUT2D eigenvalue weighted by atomic mass is 10.2. The van der Waals surface area contributed by atoms with Gasteiger partial charge in [0.1, 0.15) is 11.6 Å². The Hall–Kier alpha value is -2.80. The van der Waals surface area contributed by atoms with E-state index in [2.05, 4.69) is 15.6 Å². The summed E-state index contributed by atoms with van der Waals surface area (Å²) in [4.78, 5) is 0. The van der Waals surface area contributed by atoms with Gasteiger partial charge in [0.15, 0.2) is 5.82 Å². The first-order chi connectivity index (χ1) is 12.2. The first-order valence-electron chi connectivity index (χ1n) is 7.83. The van der Waals surface area contributed by atoms with Gasteiger partial charge >= 0.3 is 0 Å². The highest BCUT2D eigenvalue weighted by Crippen LogP contribution is 2.31. The number of fused-ring (bicyclic) bond motifs is 1. The summed E-state index contributed by atoms with van der Waals surface area (Å²) in [5.41, 5.74) is 5.90. The van der Waals surface area contributed by atoms with Crippen LogP contribution in [0.15, 0.2) is 59.1 Å². The van der Waals surface area contributed by atoms with Crippen molar-refractivity contribution in [2.24, 2.45) is 0 Å². The molecule has 3 aromatic rings. The molecule has 0 atom stereocenters. The minimum atomic E-state index is -0.305. The van der Waals surface area contributed by atoms with E-state index in [4.69, 9.17) is 4.74 Å². The van der Waals surface area contributed by atoms with Gasteiger partial charge in [-0.05, 0) is 43.3 Å². The summed E-state index contributed by atoms with van der Waals surface area (Å²) >= 11 is 1.47. The molecule has 0 saturated carbocycles. The fraction of sp³-hybridized carbons (Fsp3) is 0.111. The standard InChI is InChI=1S/C18H15FN4OS/c1-2-24-15-8-6-12(7-9-15)16-11-25-18-21-20-17(23(18)22-16)13-4-3-5-14(19)10-13/h3-11,22H,2H2,1H3. The molecule has 0 bridgehead atoms. The van der Waals surface area contributed by atoms with E-state index in [1.807, 2.05) is 42.7 Å². The maximum absolute atomic E-state index is 13.5. The Kier molecular flexibility index (Phi) is 4.15. The molecule has 5 nitrogen and oxygen atoms in total. The molecule has 0 radical (unpaired) electrons. The topological polar surface area (TPSA) is 52.0 Å². The number of hydrogen-bond donors (Lipinski definition) is 1. The van der Waals surface area contributed by atoms with Crippen LogP contribution < -0.4 is 10.2 Å². The number of hydrogen-bond acceptors (Lipinski definition) is 5. The third kappa shape index (κ3) is 3.10. The van der Waals surface area contributed by atoms with Gasteiger partial charge in [0.2, 0.25) is 5.16 Å². The maximum atomic E-state index is 13.5. The lowest BCUT2D eigenvalue weighted by molar-refractivity contribution is 0.340. The minimum absolute atomic E-state index is 0.305. The third-order valence-electron chi connectivity index (χ3n) is 3.71. The predicted molar refractivity (Wildman–Crippen MR) is 96.2 cm³/mol. The van der Waals surface area contributed by atoms with Gasteiger partial charge < -0.3 is 4.74 Å². The summed E-state index contributed by atoms with van der Waals surface area (Å²) in [6.45, 7) is 2.59. The zero-order valence-corrected chi connectivity index (χ0v) is 14.3. The average Bonchev–Trinajstić information content (AvgIpc) is 3.06. The van der Waals surface area contributed by atoms with E-state index in [0.717, 1.165) is 17.0 Å². The molecule has 1 aromatic heterocycles. The number of ether oxygens (including phenoxy) is 1. The van der Waals surface area contributed by atoms with E-state index in [0.29, 0.717) is 23.2 Å². The number of rotatable bonds is 4. The van der Waals surface area contributed by atoms with Crippen molar-refractivity contribution in [2.45, 2.75) is 12.1 Å². The SMILES string of the molecule is CCOc1ccc(C2=CSc3nnc(-c4cccc(F)c4)n3N2)cc1. The van der Waals surface area contributed by atoms with Crippen molar-refractivity contribution >= 4 is 17.5 Å². The molecule has 0 unspecified atom stereocenters. The highest BCUT2D eigenvalue weighted by Gasteiger charge is 2.19. The molecule has 0 amide bonds. The number of thioether (sulfide) groups is 1. The van der Waals surface area contributed by atoms with Crippen LogP contribution in [0.4, 0.5) is 4.39 Å². The summed E-state index contributed by atoms with van der Waals surface area (Å²) in [5, 5.41) is 11.0. The molecule has 0 spiro atoms. The molecule has 1 N–H and O–H groups in total. The van der Waals surface area contributed by atoms with Gasteiger partial charge in [-0.15, -0.1) is 10.2 Å². The quantitative estimate of drug-likeness (QED) is 0.763. The van der Waals surface area contributed by atoms with Crippen molar-refractivity contribution in [3.05, 3.63) is 65.3 Å². The molecule has 1 aliphatic rings. The second-order valence-corrected chi connectivity index (χ2v) is 6.21. The Morgan fingerprint density at radius 1 is 1.12 bits per heavy atom. The molecule has 2 heterocycles. The van der Waals surface area contributed by atoms with Gasteiger partial charge in [0, 0.05) is 16.5 Å². The van der Waals surface area contributed by atoms with Crippen LogP contribution in [0, 0.1) is 5.82 Å². The van der Waals surface area contributed by atoms with Crippen LogP contribution in [-0.2, 0) is 0 Å². The predicted octanol–water partition coefficient (Wildman–Crippen LogP) is 4.13. The van der Waals surface area contributed by atoms with Crippen LogP contribution in [0.25, 0.3) is 17.1 Å². The van der Waals surface area contributed by atoms with Crippen molar-refractivity contribution in [3.8, 4) is 17.1 Å². The number of aromatic nitrogens is 3. The summed E-state index contributed by atoms with van der Waals surface area (Å²) in [7, 11) is 0. The Morgan fingerprint density at radius 2 is 1.96 bits per heavy atom. The van der Waals surface area contributed by atoms with Crippen molar-refractivity contribution in [2.75, 3.05) is 12.0 Å². The molecule has 0 fully saturated rings. The smallest absolute Gasteiger partial charge is 0.214 e. The molecule has 126 valence electrons. The molecule has 2 aromatic carbocycles. The minimum Gasteiger partial charge on any atom is -0.494 e. The van der Waals surface area contributed by atoms with Gasteiger partial charge in [0.25, 0.3) is 0 Å². The molecular formula is C18H15FN4OS. The van der Waals surface area contributed by atoms with E-state index in [-0.39, 0.29) is 5.82 Å². The molecular weight excluding hydrogens is 339 g/mol. The summed E-state index contributed by atoms with van der Waals surface area (Å²) in [5.74, 6) is 1.10. The zero-order chi connectivity index (χ0) is 17.2. The Balaban J connectivity index is 1.63. The highest BCUT2D eigenvalue weighted by atomic mass is 32.2. The van der Waals surface area contributed by atoms with Crippen molar-refractivity contribution < 1.29 is 9.13 Å². The summed E-state index contributed by atoms with van der Waals surface area (Å²) < 4.78 is 20.8. The largest absolute Gasteiger partial charge is 0.494 e. The van der Waals surface area contributed by atoms with Crippen molar-refractivity contribution in [1.82, 2.24) is 14.9 Å². The van der Waals surface area contributed by atoms with E-state index < -0.39 is 0 Å². The van der Waals surface area contributed by atoms with Crippen molar-refractivity contribution in [1.29, 1.82) is 0 Å². The second-order valence-electron chi connectivity index (χ2n) is 5.37. The molecule has 1 aliphatic heterocycles. The second kappa shape index (κ2) is 6.60. The van der Waals surface area contributed by atoms with Gasteiger partial charge in [-0.1, -0.05) is 23.9 Å². The number of nitrogens with one attached hydrogen (secondary N) is 1. The fourth-order valence-corrected chi connectivity index (χ4v) is 3.29. The van der Waals surface area contributed by atoms with E-state index >= 15 is 0 Å². The Morgan fingerprint density at radius 3 is 2.72 bits per heavy atom. The highest BCUT2D eigenvalue weighted by molar-refractivity contribution is 8.02. The van der Waals surface area contributed by atoms with Crippen LogP contribution in [-0.4, -0.2) is 21.5 Å². The summed E-state index contributed by atoms with van der Waals surface area (Å²) in [6.07, 6.45) is 0. The first-order valence-corrected chi connectivity index (χ1v) is 8.71. The van der Waals surface area contributed by atoms with Crippen LogP contribution in [0.1, 0.15) is 12.5 Å². The average molecular weight is 354 g/mol. The molecule has 4 rings (SSSR count). The Labute approximate surface area is 148 Å². The zero-order valence-electron chi connectivity index (χ0n) is 13.4. The van der Waals surface area contributed by atoms with E-state index in [1.54, 1.807) is 10.7 Å². The van der Waals surface area contributed by atoms with Crippen molar-refractivity contribution in [3.63, 3.8) is 0 Å². The third-order valence-corrected chi connectivity index (χ3v) is 4.54. The van der Waals surface area contributed by atoms with Gasteiger partial charge in [0.05, 0.1) is 12.3 Å². The summed E-state index contributed by atoms with van der Waals surface area (Å²) in [6, 6.07) is 14.2. The maximum Gasteiger partial charge on any atom is 0.214 e. The molecule has 0 saturated heterocycles. The molecule has 0 aliphatic carbocycles. The van der Waals surface area contributed by atoms with Crippen LogP contribution in [0.3, 0.4) is 0 Å². The number of nitrogens with zero attached hydrogens (tertiary/aromatic N) is 3. The lowest BCUT2D eigenvalue weighted by Gasteiger charge is -2.19. The molecule has 25 heavy (non-hydrogen) atoms. The van der Waals surface area contributed by atoms with Crippen LogP contribution in [0.2, 0.25) is 0 Å². The van der Waals surface area contributed by atoms with Crippen LogP contribution >= 0.6 is 11.8 Å². The van der Waals surface area contributed by atoms with Gasteiger partial charge in [-0.3, -0.25) is 5.43 Å². The van der Waals surface area contributed by atoms with Gasteiger partial charge in [-0.2, -0.15) is 0 Å². The molecule has 7 heteroatoms. The number of halogens is 1. The lowest BCUT2D eigenvalue weighted by Crippen LogP contribution is -2.18. The van der Waals surface area contributed by atoms with Gasteiger partial charge in [-0.25, -0.2) is 9.07 Å². The monoisotopic (exact) mass is 354 g/mol. The van der Waals surface area contributed by atoms with E-state index in [1.165, 1.54) is 23.9 Å². The Bertz CT molecular complexity index is 937. The normalized spacial score (nSPS) is 13.0. The number of benzene rings is 2.